The van der Waals surface area contributed by atoms with Crippen molar-refractivity contribution in [2.75, 3.05) is 20.1 Å². The number of carbonyl (C=O) groups is 2. The average molecular weight is 372 g/mol. The van der Waals surface area contributed by atoms with Crippen LogP contribution in [0.3, 0.4) is 0 Å². The monoisotopic (exact) mass is 372 g/mol. The van der Waals surface area contributed by atoms with Gasteiger partial charge in [0.15, 0.2) is 0 Å². The third-order valence-electron chi connectivity index (χ3n) is 5.69. The normalized spacial score (nSPS) is 26.1. The molecule has 0 bridgehead atoms. The average Bonchev–Trinajstić information content (AvgIpc) is 3.22. The third-order valence-corrected chi connectivity index (χ3v) is 5.69. The highest BCUT2D eigenvalue weighted by Crippen LogP contribution is 2.42. The summed E-state index contributed by atoms with van der Waals surface area (Å²) in [6.45, 7) is 1.06. The summed E-state index contributed by atoms with van der Waals surface area (Å²) in [4.78, 5) is 28.1. The lowest BCUT2D eigenvalue weighted by molar-refractivity contribution is -0.142. The predicted molar refractivity (Wildman–Crippen MR) is 94.3 cm³/mol. The molecule has 27 heavy (non-hydrogen) atoms. The summed E-state index contributed by atoms with van der Waals surface area (Å²) < 4.78 is 16.2. The lowest BCUT2D eigenvalue weighted by Gasteiger charge is -2.41. The number of carbonyl (C=O) groups excluding carboxylic acids is 1. The van der Waals surface area contributed by atoms with E-state index in [2.05, 4.69) is 5.10 Å². The van der Waals surface area contributed by atoms with Crippen molar-refractivity contribution in [3.05, 3.63) is 54.1 Å². The SMILES string of the molecule is CN1[C@H](C(=O)O)C[C@H](C(=O)N2CC(n3cccn3)C2)[C@@H]1c1ccccc1F. The Morgan fingerprint density at radius 2 is 1.96 bits per heavy atom. The molecule has 8 heteroatoms. The number of likely N-dealkylation sites (N-methyl/N-ethyl adjacent to an activating group) is 1. The molecule has 1 N–H and O–H groups in total. The first-order chi connectivity index (χ1) is 13.0. The van der Waals surface area contributed by atoms with E-state index in [1.165, 1.54) is 6.07 Å². The summed E-state index contributed by atoms with van der Waals surface area (Å²) in [7, 11) is 1.64. The zero-order valence-corrected chi connectivity index (χ0v) is 14.9. The number of halogens is 1. The highest BCUT2D eigenvalue weighted by molar-refractivity contribution is 5.83. The van der Waals surface area contributed by atoms with Crippen molar-refractivity contribution in [2.24, 2.45) is 5.92 Å². The Hall–Kier alpha value is -2.74. The number of rotatable bonds is 4. The van der Waals surface area contributed by atoms with Crippen molar-refractivity contribution < 1.29 is 19.1 Å². The molecule has 2 aliphatic heterocycles. The van der Waals surface area contributed by atoms with Crippen molar-refractivity contribution in [1.29, 1.82) is 0 Å². The molecule has 2 aliphatic rings. The van der Waals surface area contributed by atoms with E-state index in [4.69, 9.17) is 0 Å². The molecule has 3 heterocycles. The van der Waals surface area contributed by atoms with E-state index < -0.39 is 29.8 Å². The van der Waals surface area contributed by atoms with Crippen molar-refractivity contribution in [3.63, 3.8) is 0 Å². The predicted octanol–water partition coefficient (Wildman–Crippen LogP) is 1.55. The van der Waals surface area contributed by atoms with E-state index in [1.54, 1.807) is 41.2 Å². The van der Waals surface area contributed by atoms with Gasteiger partial charge in [0.2, 0.25) is 5.91 Å². The lowest BCUT2D eigenvalue weighted by atomic mass is 9.90. The number of benzene rings is 1. The Labute approximate surface area is 156 Å². The molecule has 0 saturated carbocycles. The van der Waals surface area contributed by atoms with Crippen molar-refractivity contribution in [1.82, 2.24) is 19.6 Å². The number of hydrogen-bond donors (Lipinski definition) is 1. The van der Waals surface area contributed by atoms with Crippen LogP contribution in [0.2, 0.25) is 0 Å². The lowest BCUT2D eigenvalue weighted by Crippen LogP contribution is -2.53. The summed E-state index contributed by atoms with van der Waals surface area (Å²) in [6.07, 6.45) is 3.73. The molecule has 3 atom stereocenters. The minimum atomic E-state index is -0.993. The summed E-state index contributed by atoms with van der Waals surface area (Å²) >= 11 is 0. The Kier molecular flexibility index (Phi) is 4.43. The molecule has 1 amide bonds. The van der Waals surface area contributed by atoms with E-state index in [1.807, 2.05) is 16.9 Å². The molecule has 0 unspecified atom stereocenters. The zero-order chi connectivity index (χ0) is 19.1. The van der Waals surface area contributed by atoms with Crippen LogP contribution in [0.5, 0.6) is 0 Å². The van der Waals surface area contributed by atoms with Gasteiger partial charge in [-0.1, -0.05) is 18.2 Å². The fourth-order valence-electron chi connectivity index (χ4n) is 4.21. The quantitative estimate of drug-likeness (QED) is 0.881. The number of carboxylic acid groups (broad SMARTS) is 1. The summed E-state index contributed by atoms with van der Waals surface area (Å²) in [5.41, 5.74) is 0.367. The molecule has 0 radical (unpaired) electrons. The number of amides is 1. The summed E-state index contributed by atoms with van der Waals surface area (Å²) in [5.74, 6) is -2.13. The van der Waals surface area contributed by atoms with Gasteiger partial charge in [-0.15, -0.1) is 0 Å². The van der Waals surface area contributed by atoms with Crippen LogP contribution >= 0.6 is 0 Å². The maximum absolute atomic E-state index is 14.4. The number of aromatic nitrogens is 2. The van der Waals surface area contributed by atoms with Gasteiger partial charge in [0.1, 0.15) is 11.9 Å². The summed E-state index contributed by atoms with van der Waals surface area (Å²) in [6, 6.07) is 6.82. The molecule has 1 aromatic carbocycles. The molecule has 2 saturated heterocycles. The van der Waals surface area contributed by atoms with Crippen LogP contribution in [-0.2, 0) is 9.59 Å². The largest absolute Gasteiger partial charge is 0.480 e. The van der Waals surface area contributed by atoms with Gasteiger partial charge in [-0.2, -0.15) is 5.10 Å². The Morgan fingerprint density at radius 3 is 2.59 bits per heavy atom. The second-order valence-electron chi connectivity index (χ2n) is 7.21. The number of carboxylic acids is 1. The first-order valence-electron chi connectivity index (χ1n) is 8.94. The maximum Gasteiger partial charge on any atom is 0.320 e. The highest BCUT2D eigenvalue weighted by Gasteiger charge is 2.49. The minimum absolute atomic E-state index is 0.123. The topological polar surface area (TPSA) is 78.7 Å². The standard InChI is InChI=1S/C19H21FN4O3/c1-22-16(19(26)27)9-14(17(22)13-5-2-3-6-15(13)20)18(25)23-10-12(11-23)24-8-4-7-21-24/h2-8,12,14,16-17H,9-11H2,1H3,(H,26,27)/t14-,16-,17-/m0/s1. The van der Waals surface area contributed by atoms with Crippen LogP contribution in [0.4, 0.5) is 4.39 Å². The van der Waals surface area contributed by atoms with Crippen molar-refractivity contribution in [2.45, 2.75) is 24.5 Å². The smallest absolute Gasteiger partial charge is 0.320 e. The first-order valence-corrected chi connectivity index (χ1v) is 8.94. The van der Waals surface area contributed by atoms with E-state index >= 15 is 0 Å². The van der Waals surface area contributed by atoms with Crippen LogP contribution in [0.1, 0.15) is 24.1 Å². The fraction of sp³-hybridized carbons (Fsp3) is 0.421. The van der Waals surface area contributed by atoms with Gasteiger partial charge >= 0.3 is 5.97 Å². The number of aliphatic carboxylic acids is 1. The van der Waals surface area contributed by atoms with E-state index in [0.29, 0.717) is 18.7 Å². The highest BCUT2D eigenvalue weighted by atomic mass is 19.1. The third kappa shape index (κ3) is 2.99. The van der Waals surface area contributed by atoms with Crippen LogP contribution < -0.4 is 0 Å². The molecule has 0 spiro atoms. The van der Waals surface area contributed by atoms with Gasteiger partial charge in [0, 0.05) is 37.1 Å². The van der Waals surface area contributed by atoms with Gasteiger partial charge < -0.3 is 10.0 Å². The molecule has 142 valence electrons. The van der Waals surface area contributed by atoms with Gasteiger partial charge in [-0.05, 0) is 25.6 Å². The van der Waals surface area contributed by atoms with Gasteiger partial charge in [-0.3, -0.25) is 19.2 Å². The number of likely N-dealkylation sites (tertiary alicyclic amines) is 2. The van der Waals surface area contributed by atoms with Crippen molar-refractivity contribution >= 4 is 11.9 Å². The van der Waals surface area contributed by atoms with E-state index in [-0.39, 0.29) is 18.4 Å². The van der Waals surface area contributed by atoms with Crippen LogP contribution in [-0.4, -0.2) is 62.7 Å². The molecule has 1 aromatic heterocycles. The number of nitrogens with zero attached hydrogens (tertiary/aromatic N) is 4. The zero-order valence-electron chi connectivity index (χ0n) is 14.9. The molecule has 2 aromatic rings. The first kappa shape index (κ1) is 17.7. The molecule has 4 rings (SSSR count). The van der Waals surface area contributed by atoms with Crippen LogP contribution in [0.15, 0.2) is 42.7 Å². The second-order valence-corrected chi connectivity index (χ2v) is 7.21. The molecule has 0 aliphatic carbocycles. The Balaban J connectivity index is 1.56. The maximum atomic E-state index is 14.4. The van der Waals surface area contributed by atoms with Crippen molar-refractivity contribution in [3.8, 4) is 0 Å². The molecular formula is C19H21FN4O3. The molecular weight excluding hydrogens is 351 g/mol. The second kappa shape index (κ2) is 6.77. The Morgan fingerprint density at radius 1 is 1.22 bits per heavy atom. The molecule has 7 nitrogen and oxygen atoms in total. The minimum Gasteiger partial charge on any atom is -0.480 e. The van der Waals surface area contributed by atoms with E-state index in [9.17, 15) is 19.1 Å². The summed E-state index contributed by atoms with van der Waals surface area (Å²) in [5, 5.41) is 13.7. The fourth-order valence-corrected chi connectivity index (χ4v) is 4.21. The van der Waals surface area contributed by atoms with Gasteiger partial charge in [0.25, 0.3) is 0 Å². The van der Waals surface area contributed by atoms with Gasteiger partial charge in [0.05, 0.1) is 12.0 Å². The number of hydrogen-bond acceptors (Lipinski definition) is 4. The van der Waals surface area contributed by atoms with Crippen LogP contribution in [0, 0.1) is 11.7 Å². The van der Waals surface area contributed by atoms with E-state index in [0.717, 1.165) is 0 Å². The Bertz CT molecular complexity index is 850. The van der Waals surface area contributed by atoms with Gasteiger partial charge in [-0.25, -0.2) is 4.39 Å². The molecule has 2 fully saturated rings. The van der Waals surface area contributed by atoms with Crippen LogP contribution in [0.25, 0.3) is 0 Å².